The fraction of sp³-hybridized carbons (Fsp3) is 1.00. The number of halogens is 1. The summed E-state index contributed by atoms with van der Waals surface area (Å²) in [5, 5.41) is 0. The Balaban J connectivity index is 2.32. The Morgan fingerprint density at radius 2 is 2.00 bits per heavy atom. The van der Waals surface area contributed by atoms with Crippen molar-refractivity contribution in [3.63, 3.8) is 0 Å². The number of nitrogens with zero attached hydrogens (tertiary/aromatic N) is 1. The second-order valence-electron chi connectivity index (χ2n) is 4.29. The molecule has 0 amide bonds. The third-order valence-electron chi connectivity index (χ3n) is 3.06. The summed E-state index contributed by atoms with van der Waals surface area (Å²) in [5.41, 5.74) is 0. The first kappa shape index (κ1) is 11.3. The van der Waals surface area contributed by atoms with Crippen LogP contribution < -0.4 is 0 Å². The molecule has 0 aromatic rings. The van der Waals surface area contributed by atoms with Crippen molar-refractivity contribution < 1.29 is 0 Å². The fourth-order valence-corrected chi connectivity index (χ4v) is 2.35. The molecule has 0 bridgehead atoms. The van der Waals surface area contributed by atoms with Gasteiger partial charge < -0.3 is 4.90 Å². The van der Waals surface area contributed by atoms with Gasteiger partial charge in [0.15, 0.2) is 0 Å². The van der Waals surface area contributed by atoms with Crippen LogP contribution in [0.2, 0.25) is 0 Å². The number of alkyl halides is 1. The zero-order valence-corrected chi connectivity index (χ0v) is 9.69. The second kappa shape index (κ2) is 5.87. The highest BCUT2D eigenvalue weighted by Gasteiger charge is 2.22. The minimum absolute atomic E-state index is 0.641. The fourth-order valence-electron chi connectivity index (χ4n) is 2.25. The van der Waals surface area contributed by atoms with Crippen LogP contribution in [0, 0.1) is 5.92 Å². The van der Waals surface area contributed by atoms with E-state index in [2.05, 4.69) is 18.7 Å². The molecule has 0 aliphatic heterocycles. The molecule has 0 aromatic heterocycles. The van der Waals surface area contributed by atoms with E-state index in [0.29, 0.717) is 5.92 Å². The van der Waals surface area contributed by atoms with Gasteiger partial charge in [-0.15, -0.1) is 11.6 Å². The molecule has 1 aliphatic rings. The predicted molar refractivity (Wildman–Crippen MR) is 59.4 cm³/mol. The van der Waals surface area contributed by atoms with Crippen LogP contribution in [0.4, 0.5) is 0 Å². The van der Waals surface area contributed by atoms with Gasteiger partial charge in [-0.3, -0.25) is 0 Å². The molecule has 0 saturated heterocycles. The standard InChI is InChI=1S/C11H22ClN/c1-3-13(9-10(2)8-12)11-6-4-5-7-11/h10-11H,3-9H2,1-2H3. The van der Waals surface area contributed by atoms with Crippen LogP contribution in [-0.2, 0) is 0 Å². The maximum Gasteiger partial charge on any atom is 0.0261 e. The van der Waals surface area contributed by atoms with E-state index in [4.69, 9.17) is 11.6 Å². The lowest BCUT2D eigenvalue weighted by Crippen LogP contribution is -2.36. The number of hydrogen-bond acceptors (Lipinski definition) is 1. The van der Waals surface area contributed by atoms with Crippen molar-refractivity contribution in [3.05, 3.63) is 0 Å². The molecule has 13 heavy (non-hydrogen) atoms. The maximum atomic E-state index is 5.83. The maximum absolute atomic E-state index is 5.83. The smallest absolute Gasteiger partial charge is 0.0261 e. The van der Waals surface area contributed by atoms with Gasteiger partial charge in [0, 0.05) is 18.5 Å². The highest BCUT2D eigenvalue weighted by atomic mass is 35.5. The highest BCUT2D eigenvalue weighted by Crippen LogP contribution is 2.23. The summed E-state index contributed by atoms with van der Waals surface area (Å²) in [6, 6.07) is 0.857. The SMILES string of the molecule is CCN(CC(C)CCl)C1CCCC1. The largest absolute Gasteiger partial charge is 0.300 e. The minimum atomic E-state index is 0.641. The van der Waals surface area contributed by atoms with Gasteiger partial charge in [0.25, 0.3) is 0 Å². The Labute approximate surface area is 87.4 Å². The van der Waals surface area contributed by atoms with E-state index in [1.807, 2.05) is 0 Å². The number of rotatable bonds is 5. The van der Waals surface area contributed by atoms with Crippen molar-refractivity contribution in [2.24, 2.45) is 5.92 Å². The minimum Gasteiger partial charge on any atom is -0.300 e. The van der Waals surface area contributed by atoms with E-state index >= 15 is 0 Å². The first-order chi connectivity index (χ1) is 6.27. The van der Waals surface area contributed by atoms with Crippen molar-refractivity contribution >= 4 is 11.6 Å². The molecular formula is C11H22ClN. The van der Waals surface area contributed by atoms with E-state index in [1.54, 1.807) is 0 Å². The zero-order chi connectivity index (χ0) is 9.68. The van der Waals surface area contributed by atoms with Gasteiger partial charge in [-0.05, 0) is 25.3 Å². The molecule has 0 spiro atoms. The van der Waals surface area contributed by atoms with E-state index in [1.165, 1.54) is 38.8 Å². The van der Waals surface area contributed by atoms with Crippen LogP contribution >= 0.6 is 11.6 Å². The Kier molecular flexibility index (Phi) is 5.12. The summed E-state index contributed by atoms with van der Waals surface area (Å²) >= 11 is 5.83. The molecule has 78 valence electrons. The lowest BCUT2D eigenvalue weighted by Gasteiger charge is -2.29. The lowest BCUT2D eigenvalue weighted by molar-refractivity contribution is 0.187. The summed E-state index contributed by atoms with van der Waals surface area (Å²) in [5.74, 6) is 1.44. The van der Waals surface area contributed by atoms with Crippen LogP contribution in [0.3, 0.4) is 0 Å². The summed E-state index contributed by atoms with van der Waals surface area (Å²) < 4.78 is 0. The Morgan fingerprint density at radius 1 is 1.38 bits per heavy atom. The van der Waals surface area contributed by atoms with Crippen molar-refractivity contribution in [1.29, 1.82) is 0 Å². The molecule has 1 aliphatic carbocycles. The summed E-state index contributed by atoms with van der Waals surface area (Å²) in [4.78, 5) is 2.61. The Morgan fingerprint density at radius 3 is 2.46 bits per heavy atom. The predicted octanol–water partition coefficient (Wildman–Crippen LogP) is 3.13. The third kappa shape index (κ3) is 3.47. The zero-order valence-electron chi connectivity index (χ0n) is 8.93. The Bertz CT molecular complexity index is 132. The molecular weight excluding hydrogens is 182 g/mol. The first-order valence-electron chi connectivity index (χ1n) is 5.58. The molecule has 1 unspecified atom stereocenters. The molecule has 2 heteroatoms. The lowest BCUT2D eigenvalue weighted by atomic mass is 10.1. The van der Waals surface area contributed by atoms with Gasteiger partial charge in [-0.25, -0.2) is 0 Å². The van der Waals surface area contributed by atoms with Gasteiger partial charge in [0.2, 0.25) is 0 Å². The van der Waals surface area contributed by atoms with E-state index in [0.717, 1.165) is 11.9 Å². The van der Waals surface area contributed by atoms with E-state index < -0.39 is 0 Å². The highest BCUT2D eigenvalue weighted by molar-refractivity contribution is 6.18. The summed E-state index contributed by atoms with van der Waals surface area (Å²) in [6.07, 6.45) is 5.67. The average Bonchev–Trinajstić information content (AvgIpc) is 2.66. The summed E-state index contributed by atoms with van der Waals surface area (Å²) in [6.45, 7) is 6.88. The monoisotopic (exact) mass is 203 g/mol. The normalized spacial score (nSPS) is 21.2. The summed E-state index contributed by atoms with van der Waals surface area (Å²) in [7, 11) is 0. The molecule has 0 N–H and O–H groups in total. The van der Waals surface area contributed by atoms with Crippen LogP contribution in [0.25, 0.3) is 0 Å². The topological polar surface area (TPSA) is 3.24 Å². The van der Waals surface area contributed by atoms with Crippen molar-refractivity contribution in [2.45, 2.75) is 45.6 Å². The first-order valence-corrected chi connectivity index (χ1v) is 6.11. The second-order valence-corrected chi connectivity index (χ2v) is 4.59. The van der Waals surface area contributed by atoms with Crippen molar-refractivity contribution in [3.8, 4) is 0 Å². The van der Waals surface area contributed by atoms with E-state index in [-0.39, 0.29) is 0 Å². The molecule has 1 saturated carbocycles. The third-order valence-corrected chi connectivity index (χ3v) is 3.58. The van der Waals surface area contributed by atoms with Crippen LogP contribution in [0.5, 0.6) is 0 Å². The molecule has 0 radical (unpaired) electrons. The molecule has 1 atom stereocenters. The molecule has 1 rings (SSSR count). The molecule has 1 nitrogen and oxygen atoms in total. The quantitative estimate of drug-likeness (QED) is 0.621. The van der Waals surface area contributed by atoms with Crippen molar-refractivity contribution in [1.82, 2.24) is 4.90 Å². The van der Waals surface area contributed by atoms with Gasteiger partial charge in [-0.1, -0.05) is 26.7 Å². The number of hydrogen-bond donors (Lipinski definition) is 0. The van der Waals surface area contributed by atoms with Crippen LogP contribution in [0.1, 0.15) is 39.5 Å². The molecule has 0 heterocycles. The van der Waals surface area contributed by atoms with Gasteiger partial charge in [0.1, 0.15) is 0 Å². The van der Waals surface area contributed by atoms with Gasteiger partial charge in [-0.2, -0.15) is 0 Å². The van der Waals surface area contributed by atoms with Crippen molar-refractivity contribution in [2.75, 3.05) is 19.0 Å². The van der Waals surface area contributed by atoms with Gasteiger partial charge >= 0.3 is 0 Å². The average molecular weight is 204 g/mol. The van der Waals surface area contributed by atoms with Crippen LogP contribution in [-0.4, -0.2) is 29.9 Å². The molecule has 1 fully saturated rings. The van der Waals surface area contributed by atoms with Gasteiger partial charge in [0.05, 0.1) is 0 Å². The Hall–Kier alpha value is 0.250. The van der Waals surface area contributed by atoms with E-state index in [9.17, 15) is 0 Å². The molecule has 0 aromatic carbocycles. The van der Waals surface area contributed by atoms with Crippen LogP contribution in [0.15, 0.2) is 0 Å².